The summed E-state index contributed by atoms with van der Waals surface area (Å²) in [6, 6.07) is 6.82. The molecule has 13 heteroatoms. The van der Waals surface area contributed by atoms with Crippen molar-refractivity contribution in [3.8, 4) is 11.5 Å². The van der Waals surface area contributed by atoms with Gasteiger partial charge in [0.05, 0.1) is 40.3 Å². The van der Waals surface area contributed by atoms with Crippen LogP contribution < -0.4 is 5.69 Å². The molecule has 1 saturated heterocycles. The fraction of sp³-hybridized carbons (Fsp3) is 0.333. The standard InChI is InChI=1S/C21H18F3N5O4S/c22-13-2-4-16-17(9-13)28(21(30)29(16)15-5-7-34(31,32)8-6-15)11-14-3-1-12(10-25-14)19-26-27-20(33-19)18(23)24/h1-4,9-10,15,18H,5-8,11H2. The highest BCUT2D eigenvalue weighted by molar-refractivity contribution is 7.91. The number of hydrogen-bond donors (Lipinski definition) is 0. The molecule has 3 aromatic heterocycles. The van der Waals surface area contributed by atoms with Gasteiger partial charge in [-0.1, -0.05) is 0 Å². The van der Waals surface area contributed by atoms with E-state index in [4.69, 9.17) is 4.42 Å². The number of pyridine rings is 1. The van der Waals surface area contributed by atoms with Gasteiger partial charge in [0, 0.05) is 12.2 Å². The van der Waals surface area contributed by atoms with Gasteiger partial charge >= 0.3 is 12.1 Å². The zero-order valence-electron chi connectivity index (χ0n) is 17.6. The van der Waals surface area contributed by atoms with Crippen LogP contribution in [-0.4, -0.2) is 44.2 Å². The molecule has 4 heterocycles. The second-order valence-corrected chi connectivity index (χ2v) is 10.3. The molecule has 1 aliphatic heterocycles. The first-order valence-corrected chi connectivity index (χ1v) is 12.2. The number of imidazole rings is 1. The van der Waals surface area contributed by atoms with Gasteiger partial charge in [-0.2, -0.15) is 8.78 Å². The van der Waals surface area contributed by atoms with E-state index >= 15 is 0 Å². The van der Waals surface area contributed by atoms with Crippen molar-refractivity contribution >= 4 is 20.9 Å². The monoisotopic (exact) mass is 493 g/mol. The SMILES string of the molecule is O=c1n(Cc2ccc(-c3nnc(C(F)F)o3)cn2)c2cc(F)ccc2n1C1CCS(=O)(=O)CC1. The van der Waals surface area contributed by atoms with Crippen molar-refractivity contribution < 1.29 is 26.0 Å². The molecule has 1 aromatic carbocycles. The molecule has 9 nitrogen and oxygen atoms in total. The molecule has 5 rings (SSSR count). The van der Waals surface area contributed by atoms with E-state index in [1.54, 1.807) is 12.1 Å². The molecule has 0 atom stereocenters. The van der Waals surface area contributed by atoms with Crippen LogP contribution in [0.4, 0.5) is 13.2 Å². The molecule has 4 aromatic rings. The van der Waals surface area contributed by atoms with Crippen LogP contribution in [0.15, 0.2) is 45.7 Å². The van der Waals surface area contributed by atoms with Crippen LogP contribution in [0.5, 0.6) is 0 Å². The number of alkyl halides is 2. The lowest BCUT2D eigenvalue weighted by Gasteiger charge is -2.23. The van der Waals surface area contributed by atoms with Crippen molar-refractivity contribution in [2.45, 2.75) is 31.9 Å². The number of aromatic nitrogens is 5. The molecule has 0 bridgehead atoms. The fourth-order valence-electron chi connectivity index (χ4n) is 4.14. The zero-order chi connectivity index (χ0) is 24.0. The van der Waals surface area contributed by atoms with E-state index < -0.39 is 33.7 Å². The smallest absolute Gasteiger partial charge is 0.329 e. The molecule has 0 saturated carbocycles. The Morgan fingerprint density at radius 2 is 1.85 bits per heavy atom. The maximum atomic E-state index is 14.0. The molecule has 0 aliphatic carbocycles. The summed E-state index contributed by atoms with van der Waals surface area (Å²) in [6.07, 6.45) is -0.927. The van der Waals surface area contributed by atoms with Gasteiger partial charge in [0.25, 0.3) is 5.89 Å². The van der Waals surface area contributed by atoms with E-state index in [2.05, 4.69) is 15.2 Å². The minimum Gasteiger partial charge on any atom is -0.415 e. The Bertz CT molecular complexity index is 1510. The summed E-state index contributed by atoms with van der Waals surface area (Å²) >= 11 is 0. The highest BCUT2D eigenvalue weighted by atomic mass is 32.2. The van der Waals surface area contributed by atoms with Gasteiger partial charge in [0.15, 0.2) is 0 Å². The summed E-state index contributed by atoms with van der Waals surface area (Å²) in [5.74, 6) is -1.44. The van der Waals surface area contributed by atoms with Crippen LogP contribution in [0.25, 0.3) is 22.5 Å². The van der Waals surface area contributed by atoms with Crippen molar-refractivity contribution in [2.75, 3.05) is 11.5 Å². The predicted molar refractivity (Wildman–Crippen MR) is 115 cm³/mol. The highest BCUT2D eigenvalue weighted by Crippen LogP contribution is 2.28. The number of fused-ring (bicyclic) bond motifs is 1. The largest absolute Gasteiger partial charge is 0.415 e. The summed E-state index contributed by atoms with van der Waals surface area (Å²) in [5.41, 5.74) is 1.26. The van der Waals surface area contributed by atoms with E-state index in [-0.39, 0.29) is 30.0 Å². The maximum Gasteiger partial charge on any atom is 0.329 e. The molecular formula is C21H18F3N5O4S. The average Bonchev–Trinajstić information content (AvgIpc) is 3.39. The third-order valence-corrected chi connectivity index (χ3v) is 7.55. The van der Waals surface area contributed by atoms with Gasteiger partial charge in [-0.3, -0.25) is 14.1 Å². The summed E-state index contributed by atoms with van der Waals surface area (Å²) in [6.45, 7) is 0.0171. The van der Waals surface area contributed by atoms with Crippen LogP contribution in [0.1, 0.15) is 36.9 Å². The fourth-order valence-corrected chi connectivity index (χ4v) is 5.61. The van der Waals surface area contributed by atoms with Gasteiger partial charge in [-0.05, 0) is 43.2 Å². The molecule has 1 aliphatic rings. The number of halogens is 3. The van der Waals surface area contributed by atoms with E-state index in [1.165, 1.54) is 33.5 Å². The first kappa shape index (κ1) is 22.3. The summed E-state index contributed by atoms with van der Waals surface area (Å²) in [7, 11) is -3.12. The molecular weight excluding hydrogens is 475 g/mol. The highest BCUT2D eigenvalue weighted by Gasteiger charge is 2.28. The van der Waals surface area contributed by atoms with Crippen LogP contribution in [0.3, 0.4) is 0 Å². The Hall–Kier alpha value is -3.48. The van der Waals surface area contributed by atoms with Crippen molar-refractivity contribution in [1.82, 2.24) is 24.3 Å². The van der Waals surface area contributed by atoms with E-state index in [1.807, 2.05) is 0 Å². The lowest BCUT2D eigenvalue weighted by molar-refractivity contribution is 0.116. The molecule has 178 valence electrons. The van der Waals surface area contributed by atoms with Gasteiger partial charge < -0.3 is 4.42 Å². The maximum absolute atomic E-state index is 14.0. The second kappa shape index (κ2) is 8.38. The Morgan fingerprint density at radius 1 is 1.09 bits per heavy atom. The molecule has 1 fully saturated rings. The summed E-state index contributed by atoms with van der Waals surface area (Å²) < 4.78 is 70.9. The minimum atomic E-state index is -3.12. The van der Waals surface area contributed by atoms with Crippen LogP contribution in [0.2, 0.25) is 0 Å². The van der Waals surface area contributed by atoms with Crippen LogP contribution in [0, 0.1) is 5.82 Å². The van der Waals surface area contributed by atoms with E-state index in [0.717, 1.165) is 0 Å². The quantitative estimate of drug-likeness (QED) is 0.420. The first-order chi connectivity index (χ1) is 16.2. The van der Waals surface area contributed by atoms with Crippen LogP contribution in [-0.2, 0) is 16.4 Å². The van der Waals surface area contributed by atoms with Crippen LogP contribution >= 0.6 is 0 Å². The third-order valence-electron chi connectivity index (χ3n) is 5.83. The minimum absolute atomic E-state index is 0.00998. The van der Waals surface area contributed by atoms with E-state index in [0.29, 0.717) is 35.1 Å². The molecule has 0 N–H and O–H groups in total. The Morgan fingerprint density at radius 3 is 2.50 bits per heavy atom. The number of rotatable bonds is 5. The van der Waals surface area contributed by atoms with Gasteiger partial charge in [0.2, 0.25) is 5.89 Å². The lowest BCUT2D eigenvalue weighted by atomic mass is 10.1. The Kier molecular flexibility index (Phi) is 5.50. The van der Waals surface area contributed by atoms with Gasteiger partial charge in [0.1, 0.15) is 15.7 Å². The second-order valence-electron chi connectivity index (χ2n) is 8.04. The molecule has 34 heavy (non-hydrogen) atoms. The van der Waals surface area contributed by atoms with E-state index in [9.17, 15) is 26.4 Å². The normalized spacial score (nSPS) is 16.5. The Balaban J connectivity index is 1.48. The third kappa shape index (κ3) is 4.11. The topological polar surface area (TPSA) is 113 Å². The molecule has 0 spiro atoms. The number of hydrogen-bond acceptors (Lipinski definition) is 7. The number of nitrogens with zero attached hydrogens (tertiary/aromatic N) is 5. The van der Waals surface area contributed by atoms with Crippen molar-refractivity contribution in [3.63, 3.8) is 0 Å². The number of sulfone groups is 1. The van der Waals surface area contributed by atoms with Crippen molar-refractivity contribution in [1.29, 1.82) is 0 Å². The van der Waals surface area contributed by atoms with Gasteiger partial charge in [-0.25, -0.2) is 17.6 Å². The van der Waals surface area contributed by atoms with Crippen molar-refractivity contribution in [2.24, 2.45) is 0 Å². The molecule has 0 amide bonds. The molecule has 0 unspecified atom stereocenters. The van der Waals surface area contributed by atoms with Crippen molar-refractivity contribution in [3.05, 3.63) is 64.4 Å². The summed E-state index contributed by atoms with van der Waals surface area (Å²) in [4.78, 5) is 17.6. The average molecular weight is 493 g/mol. The first-order valence-electron chi connectivity index (χ1n) is 10.4. The summed E-state index contributed by atoms with van der Waals surface area (Å²) in [5, 5.41) is 6.85. The Labute approximate surface area is 190 Å². The lowest BCUT2D eigenvalue weighted by Crippen LogP contribution is -2.33. The van der Waals surface area contributed by atoms with Gasteiger partial charge in [-0.15, -0.1) is 10.2 Å². The number of benzene rings is 1. The molecule has 0 radical (unpaired) electrons. The predicted octanol–water partition coefficient (Wildman–Crippen LogP) is 3.12. The zero-order valence-corrected chi connectivity index (χ0v) is 18.4.